The van der Waals surface area contributed by atoms with Crippen LogP contribution in [0.1, 0.15) is 13.3 Å². The van der Waals surface area contributed by atoms with Crippen LogP contribution in [0.15, 0.2) is 47.4 Å². The number of nitrogens with zero attached hydrogens (tertiary/aromatic N) is 1. The summed E-state index contributed by atoms with van der Waals surface area (Å²) in [6, 6.07) is 11.0. The first-order chi connectivity index (χ1) is 13.9. The maximum absolute atomic E-state index is 12.8. The van der Waals surface area contributed by atoms with Gasteiger partial charge in [-0.15, -0.1) is 0 Å². The summed E-state index contributed by atoms with van der Waals surface area (Å²) in [6.45, 7) is 2.70. The second kappa shape index (κ2) is 8.71. The van der Waals surface area contributed by atoms with E-state index in [1.165, 1.54) is 32.4 Å². The minimum absolute atomic E-state index is 0.0436. The highest BCUT2D eigenvalue weighted by Crippen LogP contribution is 2.30. The van der Waals surface area contributed by atoms with E-state index in [4.69, 9.17) is 14.2 Å². The molecule has 9 heteroatoms. The molecule has 1 fully saturated rings. The molecule has 1 heterocycles. The van der Waals surface area contributed by atoms with E-state index in [0.717, 1.165) is 0 Å². The number of sulfonamides is 1. The zero-order chi connectivity index (χ0) is 21.0. The Bertz CT molecular complexity index is 975. The normalized spacial score (nSPS) is 16.7. The van der Waals surface area contributed by atoms with E-state index in [2.05, 4.69) is 4.72 Å². The van der Waals surface area contributed by atoms with Crippen LogP contribution in [0, 0.1) is 0 Å². The van der Waals surface area contributed by atoms with Crippen LogP contribution in [0.5, 0.6) is 17.2 Å². The average Bonchev–Trinajstić information content (AvgIpc) is 3.07. The summed E-state index contributed by atoms with van der Waals surface area (Å²) in [4.78, 5) is 14.0. The highest BCUT2D eigenvalue weighted by molar-refractivity contribution is 7.89. The van der Waals surface area contributed by atoms with Crippen molar-refractivity contribution in [2.45, 2.75) is 24.3 Å². The first-order valence-electron chi connectivity index (χ1n) is 9.15. The number of carbonyl (C=O) groups is 1. The highest BCUT2D eigenvalue weighted by Gasteiger charge is 2.33. The van der Waals surface area contributed by atoms with Crippen LogP contribution in [0.25, 0.3) is 0 Å². The highest BCUT2D eigenvalue weighted by atomic mass is 32.2. The van der Waals surface area contributed by atoms with Crippen LogP contribution in [-0.2, 0) is 14.8 Å². The lowest BCUT2D eigenvalue weighted by Gasteiger charge is -2.18. The molecule has 0 spiro atoms. The van der Waals surface area contributed by atoms with Crippen LogP contribution in [0.2, 0.25) is 0 Å². The third-order valence-electron chi connectivity index (χ3n) is 4.57. The van der Waals surface area contributed by atoms with Crippen LogP contribution in [0.3, 0.4) is 0 Å². The zero-order valence-corrected chi connectivity index (χ0v) is 17.4. The molecule has 0 aliphatic carbocycles. The van der Waals surface area contributed by atoms with E-state index in [1.807, 2.05) is 6.92 Å². The van der Waals surface area contributed by atoms with Crippen molar-refractivity contribution in [3.05, 3.63) is 42.5 Å². The molecular weight excluding hydrogens is 396 g/mol. The summed E-state index contributed by atoms with van der Waals surface area (Å²) in [6.07, 6.45) is 0.0831. The topological polar surface area (TPSA) is 94.2 Å². The van der Waals surface area contributed by atoms with Gasteiger partial charge >= 0.3 is 0 Å². The first-order valence-corrected chi connectivity index (χ1v) is 10.6. The Labute approximate surface area is 170 Å². The quantitative estimate of drug-likeness (QED) is 0.704. The Morgan fingerprint density at radius 2 is 1.76 bits per heavy atom. The number of benzene rings is 2. The fourth-order valence-corrected chi connectivity index (χ4v) is 4.44. The van der Waals surface area contributed by atoms with E-state index < -0.39 is 16.1 Å². The summed E-state index contributed by atoms with van der Waals surface area (Å²) in [5.41, 5.74) is 0.700. The van der Waals surface area contributed by atoms with Gasteiger partial charge in [-0.2, -0.15) is 0 Å². The van der Waals surface area contributed by atoms with Gasteiger partial charge in [0, 0.05) is 30.8 Å². The smallest absolute Gasteiger partial charge is 0.241 e. The summed E-state index contributed by atoms with van der Waals surface area (Å²) in [5.74, 6) is 1.32. The fraction of sp³-hybridized carbons (Fsp3) is 0.350. The monoisotopic (exact) mass is 420 g/mol. The first kappa shape index (κ1) is 20.9. The molecule has 1 N–H and O–H groups in total. The molecule has 0 saturated carbocycles. The van der Waals surface area contributed by atoms with Crippen molar-refractivity contribution in [2.24, 2.45) is 0 Å². The second-order valence-electron chi connectivity index (χ2n) is 6.47. The number of nitrogens with one attached hydrogen (secondary N) is 1. The minimum atomic E-state index is -3.83. The molecule has 1 amide bonds. The Morgan fingerprint density at radius 1 is 1.07 bits per heavy atom. The van der Waals surface area contributed by atoms with E-state index in [-0.39, 0.29) is 23.8 Å². The van der Waals surface area contributed by atoms with E-state index in [1.54, 1.807) is 29.2 Å². The van der Waals surface area contributed by atoms with Crippen molar-refractivity contribution >= 4 is 21.6 Å². The van der Waals surface area contributed by atoms with Gasteiger partial charge in [0.1, 0.15) is 5.75 Å². The molecule has 2 aromatic carbocycles. The molecule has 0 unspecified atom stereocenters. The number of amides is 1. The molecule has 1 atom stereocenters. The number of methoxy groups -OCH3 is 2. The van der Waals surface area contributed by atoms with Crippen LogP contribution in [0.4, 0.5) is 5.69 Å². The van der Waals surface area contributed by atoms with Crippen molar-refractivity contribution in [1.29, 1.82) is 0 Å². The Balaban J connectivity index is 1.73. The SMILES string of the molecule is CCOc1ccc(N2C[C@H](NS(=O)(=O)c3ccc(OC)c(OC)c3)CC2=O)cc1. The number of hydrogen-bond donors (Lipinski definition) is 1. The molecule has 0 bridgehead atoms. The predicted molar refractivity (Wildman–Crippen MR) is 108 cm³/mol. The van der Waals surface area contributed by atoms with Crippen molar-refractivity contribution in [2.75, 3.05) is 32.3 Å². The molecular formula is C20H24N2O6S. The molecule has 8 nitrogen and oxygen atoms in total. The minimum Gasteiger partial charge on any atom is -0.494 e. The second-order valence-corrected chi connectivity index (χ2v) is 8.18. The average molecular weight is 420 g/mol. The predicted octanol–water partition coefficient (Wildman–Crippen LogP) is 2.19. The molecule has 3 rings (SSSR count). The van der Waals surface area contributed by atoms with Gasteiger partial charge in [0.2, 0.25) is 15.9 Å². The number of carbonyl (C=O) groups excluding carboxylic acids is 1. The molecule has 29 heavy (non-hydrogen) atoms. The Morgan fingerprint density at radius 3 is 2.38 bits per heavy atom. The molecule has 1 aliphatic heterocycles. The summed E-state index contributed by atoms with van der Waals surface area (Å²) in [5, 5.41) is 0. The summed E-state index contributed by atoms with van der Waals surface area (Å²) >= 11 is 0. The van der Waals surface area contributed by atoms with Gasteiger partial charge in [-0.1, -0.05) is 0 Å². The lowest BCUT2D eigenvalue weighted by atomic mass is 10.3. The van der Waals surface area contributed by atoms with Crippen LogP contribution < -0.4 is 23.8 Å². The van der Waals surface area contributed by atoms with Gasteiger partial charge in [0.15, 0.2) is 11.5 Å². The lowest BCUT2D eigenvalue weighted by molar-refractivity contribution is -0.117. The molecule has 0 aromatic heterocycles. The summed E-state index contributed by atoms with van der Waals surface area (Å²) < 4.78 is 43.9. The maximum atomic E-state index is 12.8. The maximum Gasteiger partial charge on any atom is 0.241 e. The fourth-order valence-electron chi connectivity index (χ4n) is 3.20. The third-order valence-corrected chi connectivity index (χ3v) is 6.09. The zero-order valence-electron chi connectivity index (χ0n) is 16.5. The number of ether oxygens (including phenoxy) is 3. The number of hydrogen-bond acceptors (Lipinski definition) is 6. The van der Waals surface area contributed by atoms with Crippen molar-refractivity contribution < 1.29 is 27.4 Å². The van der Waals surface area contributed by atoms with Crippen LogP contribution >= 0.6 is 0 Å². The van der Waals surface area contributed by atoms with E-state index in [0.29, 0.717) is 29.5 Å². The van der Waals surface area contributed by atoms with Gasteiger partial charge in [-0.25, -0.2) is 13.1 Å². The van der Waals surface area contributed by atoms with Crippen molar-refractivity contribution in [3.63, 3.8) is 0 Å². The van der Waals surface area contributed by atoms with Crippen LogP contribution in [-0.4, -0.2) is 47.7 Å². The molecule has 156 valence electrons. The summed E-state index contributed by atoms with van der Waals surface area (Å²) in [7, 11) is -0.916. The van der Waals surface area contributed by atoms with E-state index in [9.17, 15) is 13.2 Å². The largest absolute Gasteiger partial charge is 0.494 e. The number of rotatable bonds is 8. The molecule has 1 aliphatic rings. The standard InChI is InChI=1S/C20H24N2O6S/c1-4-28-16-7-5-15(6-8-16)22-13-14(11-20(22)23)21-29(24,25)17-9-10-18(26-2)19(12-17)27-3/h5-10,12,14,21H,4,11,13H2,1-3H3/t14-/m1/s1. The molecule has 0 radical (unpaired) electrons. The van der Waals surface area contributed by atoms with Gasteiger partial charge in [-0.05, 0) is 43.3 Å². The van der Waals surface area contributed by atoms with Gasteiger partial charge in [0.05, 0.1) is 25.7 Å². The van der Waals surface area contributed by atoms with E-state index >= 15 is 0 Å². The van der Waals surface area contributed by atoms with Gasteiger partial charge in [-0.3, -0.25) is 4.79 Å². The Hall–Kier alpha value is -2.78. The van der Waals surface area contributed by atoms with Gasteiger partial charge < -0.3 is 19.1 Å². The molecule has 1 saturated heterocycles. The molecule has 2 aromatic rings. The Kier molecular flexibility index (Phi) is 6.29. The lowest BCUT2D eigenvalue weighted by Crippen LogP contribution is -2.37. The van der Waals surface area contributed by atoms with Gasteiger partial charge in [0.25, 0.3) is 0 Å². The number of anilines is 1. The van der Waals surface area contributed by atoms with Crippen molar-refractivity contribution in [3.8, 4) is 17.2 Å². The van der Waals surface area contributed by atoms with Crippen molar-refractivity contribution in [1.82, 2.24) is 4.72 Å². The third kappa shape index (κ3) is 4.63.